The summed E-state index contributed by atoms with van der Waals surface area (Å²) in [5, 5.41) is 11.5. The van der Waals surface area contributed by atoms with Gasteiger partial charge in [-0.3, -0.25) is 4.79 Å². The molecular formula is C15H21NO4. The molecule has 1 rings (SSSR count). The predicted octanol–water partition coefficient (Wildman–Crippen LogP) is 2.30. The first-order valence-corrected chi connectivity index (χ1v) is 6.38. The number of carbonyl (C=O) groups is 2. The van der Waals surface area contributed by atoms with E-state index in [-0.39, 0.29) is 11.4 Å². The first kappa shape index (κ1) is 16.0. The lowest BCUT2D eigenvalue weighted by molar-refractivity contribution is -0.139. The third-order valence-electron chi connectivity index (χ3n) is 2.55. The molecule has 5 heteroatoms. The molecule has 0 aliphatic carbocycles. The van der Waals surface area contributed by atoms with Crippen LogP contribution in [0, 0.1) is 13.8 Å². The number of aryl methyl sites for hydroxylation is 2. The van der Waals surface area contributed by atoms with Crippen molar-refractivity contribution in [2.45, 2.75) is 40.2 Å². The number of hydrogen-bond acceptors (Lipinski definition) is 3. The number of carboxylic acid groups (broad SMARTS) is 1. The fraction of sp³-hybridized carbons (Fsp3) is 0.467. The van der Waals surface area contributed by atoms with E-state index in [2.05, 4.69) is 5.32 Å². The van der Waals surface area contributed by atoms with Crippen molar-refractivity contribution in [3.8, 4) is 5.75 Å². The van der Waals surface area contributed by atoms with E-state index >= 15 is 0 Å². The van der Waals surface area contributed by atoms with Gasteiger partial charge >= 0.3 is 5.97 Å². The molecule has 0 unspecified atom stereocenters. The van der Waals surface area contributed by atoms with Crippen LogP contribution in [0.4, 0.5) is 0 Å². The van der Waals surface area contributed by atoms with Crippen LogP contribution in [0.1, 0.15) is 42.3 Å². The number of amides is 1. The van der Waals surface area contributed by atoms with E-state index in [4.69, 9.17) is 9.84 Å². The Labute approximate surface area is 118 Å². The molecule has 0 aliphatic rings. The van der Waals surface area contributed by atoms with Crippen molar-refractivity contribution >= 4 is 11.9 Å². The summed E-state index contributed by atoms with van der Waals surface area (Å²) in [6.07, 6.45) is 0. The van der Waals surface area contributed by atoms with E-state index in [1.807, 2.05) is 20.8 Å². The summed E-state index contributed by atoms with van der Waals surface area (Å²) in [4.78, 5) is 22.6. The number of rotatable bonds is 4. The van der Waals surface area contributed by atoms with Crippen molar-refractivity contribution in [1.82, 2.24) is 5.32 Å². The van der Waals surface area contributed by atoms with Gasteiger partial charge in [0.15, 0.2) is 6.61 Å². The summed E-state index contributed by atoms with van der Waals surface area (Å²) < 4.78 is 5.23. The topological polar surface area (TPSA) is 75.6 Å². The average Bonchev–Trinajstić information content (AvgIpc) is 2.24. The van der Waals surface area contributed by atoms with Gasteiger partial charge in [-0.15, -0.1) is 0 Å². The summed E-state index contributed by atoms with van der Waals surface area (Å²) in [5.41, 5.74) is 1.71. The van der Waals surface area contributed by atoms with Gasteiger partial charge in [-0.2, -0.15) is 0 Å². The van der Waals surface area contributed by atoms with E-state index in [1.54, 1.807) is 26.0 Å². The second-order valence-electron chi connectivity index (χ2n) is 5.83. The molecule has 0 saturated carbocycles. The van der Waals surface area contributed by atoms with Crippen LogP contribution in [-0.4, -0.2) is 29.1 Å². The van der Waals surface area contributed by atoms with Crippen LogP contribution in [-0.2, 0) is 4.79 Å². The average molecular weight is 279 g/mol. The molecule has 0 aromatic heterocycles. The quantitative estimate of drug-likeness (QED) is 0.886. The van der Waals surface area contributed by atoms with Gasteiger partial charge in [0.05, 0.1) is 0 Å². The van der Waals surface area contributed by atoms with Crippen LogP contribution < -0.4 is 10.1 Å². The number of hydrogen-bond donors (Lipinski definition) is 2. The smallest absolute Gasteiger partial charge is 0.341 e. The zero-order chi connectivity index (χ0) is 15.5. The molecular weight excluding hydrogens is 258 g/mol. The van der Waals surface area contributed by atoms with Crippen LogP contribution in [0.5, 0.6) is 5.75 Å². The van der Waals surface area contributed by atoms with Crippen molar-refractivity contribution in [2.75, 3.05) is 6.61 Å². The molecule has 0 atom stereocenters. The highest BCUT2D eigenvalue weighted by Crippen LogP contribution is 2.25. The van der Waals surface area contributed by atoms with Gasteiger partial charge in [0.2, 0.25) is 0 Å². The van der Waals surface area contributed by atoms with Gasteiger partial charge in [-0.25, -0.2) is 4.79 Å². The normalized spacial score (nSPS) is 11.1. The van der Waals surface area contributed by atoms with E-state index in [9.17, 15) is 9.59 Å². The number of ether oxygens (including phenoxy) is 1. The number of aliphatic carboxylic acids is 1. The fourth-order valence-electron chi connectivity index (χ4n) is 1.86. The van der Waals surface area contributed by atoms with Gasteiger partial charge in [0.25, 0.3) is 5.91 Å². The Kier molecular flexibility index (Phi) is 4.76. The lowest BCUT2D eigenvalue weighted by Gasteiger charge is -2.21. The molecule has 0 spiro atoms. The van der Waals surface area contributed by atoms with Crippen molar-refractivity contribution in [2.24, 2.45) is 0 Å². The third kappa shape index (κ3) is 4.57. The second-order valence-corrected chi connectivity index (χ2v) is 5.83. The van der Waals surface area contributed by atoms with E-state index in [0.29, 0.717) is 11.3 Å². The van der Waals surface area contributed by atoms with Gasteiger partial charge < -0.3 is 15.2 Å². The van der Waals surface area contributed by atoms with Gasteiger partial charge in [0, 0.05) is 11.1 Å². The highest BCUT2D eigenvalue weighted by molar-refractivity contribution is 5.95. The standard InChI is InChI=1S/C15H21NO4/c1-9-6-11(14(19)16-15(3,4)5)7-10(2)13(9)20-8-12(17)18/h6-7H,8H2,1-5H3,(H,16,19)(H,17,18). The summed E-state index contributed by atoms with van der Waals surface area (Å²) >= 11 is 0. The predicted molar refractivity (Wildman–Crippen MR) is 76.3 cm³/mol. The maximum absolute atomic E-state index is 12.1. The van der Waals surface area contributed by atoms with Crippen LogP contribution in [0.15, 0.2) is 12.1 Å². The molecule has 110 valence electrons. The largest absolute Gasteiger partial charge is 0.481 e. The molecule has 1 aromatic carbocycles. The van der Waals surface area contributed by atoms with E-state index in [0.717, 1.165) is 11.1 Å². The number of carboxylic acids is 1. The zero-order valence-corrected chi connectivity index (χ0v) is 12.5. The number of benzene rings is 1. The summed E-state index contributed by atoms with van der Waals surface area (Å²) in [6.45, 7) is 8.92. The third-order valence-corrected chi connectivity index (χ3v) is 2.55. The highest BCUT2D eigenvalue weighted by Gasteiger charge is 2.17. The molecule has 0 radical (unpaired) electrons. The lowest BCUT2D eigenvalue weighted by atomic mass is 10.0. The Hall–Kier alpha value is -2.04. The Bertz CT molecular complexity index is 506. The van der Waals surface area contributed by atoms with Gasteiger partial charge in [-0.05, 0) is 57.9 Å². The molecule has 0 aliphatic heterocycles. The van der Waals surface area contributed by atoms with Gasteiger partial charge in [0.1, 0.15) is 5.75 Å². The Morgan fingerprint density at radius 3 is 2.10 bits per heavy atom. The molecule has 0 bridgehead atoms. The second kappa shape index (κ2) is 5.94. The Balaban J connectivity index is 2.98. The highest BCUT2D eigenvalue weighted by atomic mass is 16.5. The van der Waals surface area contributed by atoms with Crippen LogP contribution in [0.2, 0.25) is 0 Å². The zero-order valence-electron chi connectivity index (χ0n) is 12.5. The van der Waals surface area contributed by atoms with Crippen molar-refractivity contribution < 1.29 is 19.4 Å². The summed E-state index contributed by atoms with van der Waals surface area (Å²) in [7, 11) is 0. The molecule has 0 heterocycles. The molecule has 5 nitrogen and oxygen atoms in total. The molecule has 0 fully saturated rings. The molecule has 0 saturated heterocycles. The molecule has 1 amide bonds. The number of nitrogens with one attached hydrogen (secondary N) is 1. The van der Waals surface area contributed by atoms with Gasteiger partial charge in [-0.1, -0.05) is 0 Å². The molecule has 2 N–H and O–H groups in total. The summed E-state index contributed by atoms with van der Waals surface area (Å²) in [5.74, 6) is -0.674. The lowest BCUT2D eigenvalue weighted by Crippen LogP contribution is -2.40. The first-order chi connectivity index (χ1) is 9.10. The van der Waals surface area contributed by atoms with Crippen LogP contribution in [0.25, 0.3) is 0 Å². The summed E-state index contributed by atoms with van der Waals surface area (Å²) in [6, 6.07) is 3.40. The minimum Gasteiger partial charge on any atom is -0.481 e. The Morgan fingerprint density at radius 1 is 1.20 bits per heavy atom. The number of carbonyl (C=O) groups excluding carboxylic acids is 1. The Morgan fingerprint density at radius 2 is 1.70 bits per heavy atom. The van der Waals surface area contributed by atoms with Crippen molar-refractivity contribution in [3.05, 3.63) is 28.8 Å². The van der Waals surface area contributed by atoms with E-state index in [1.165, 1.54) is 0 Å². The van der Waals surface area contributed by atoms with Crippen molar-refractivity contribution in [3.63, 3.8) is 0 Å². The fourth-order valence-corrected chi connectivity index (χ4v) is 1.86. The minimum absolute atomic E-state index is 0.159. The minimum atomic E-state index is -1.03. The molecule has 20 heavy (non-hydrogen) atoms. The first-order valence-electron chi connectivity index (χ1n) is 6.38. The maximum Gasteiger partial charge on any atom is 0.341 e. The SMILES string of the molecule is Cc1cc(C(=O)NC(C)(C)C)cc(C)c1OCC(=O)O. The van der Waals surface area contributed by atoms with Crippen LogP contribution in [0.3, 0.4) is 0 Å². The van der Waals surface area contributed by atoms with E-state index < -0.39 is 12.6 Å². The van der Waals surface area contributed by atoms with Crippen LogP contribution >= 0.6 is 0 Å². The monoisotopic (exact) mass is 279 g/mol. The van der Waals surface area contributed by atoms with Crippen molar-refractivity contribution in [1.29, 1.82) is 0 Å². The maximum atomic E-state index is 12.1. The molecule has 1 aromatic rings.